The number of rotatable bonds is 2. The molecule has 1 aromatic carbocycles. The van der Waals surface area contributed by atoms with E-state index in [1.54, 1.807) is 0 Å². The molecule has 0 radical (unpaired) electrons. The summed E-state index contributed by atoms with van der Waals surface area (Å²) in [7, 11) is -0.677. The fraction of sp³-hybridized carbons (Fsp3) is 0.385. The van der Waals surface area contributed by atoms with E-state index in [4.69, 9.17) is 11.6 Å². The van der Waals surface area contributed by atoms with Crippen LogP contribution in [0, 0.1) is 0 Å². The van der Waals surface area contributed by atoms with Gasteiger partial charge in [0.15, 0.2) is 5.82 Å². The summed E-state index contributed by atoms with van der Waals surface area (Å²) >= 11 is 6.18. The Morgan fingerprint density at radius 1 is 1.16 bits per heavy atom. The molecule has 0 N–H and O–H groups in total. The predicted octanol–water partition coefficient (Wildman–Crippen LogP) is 2.68. The highest BCUT2D eigenvalue weighted by molar-refractivity contribution is 7.85. The minimum atomic E-state index is -0.677. The van der Waals surface area contributed by atoms with Gasteiger partial charge in [0.1, 0.15) is 0 Å². The molecular formula is C13H14ClN3OS. The van der Waals surface area contributed by atoms with Gasteiger partial charge < -0.3 is 0 Å². The molecule has 0 saturated carbocycles. The van der Waals surface area contributed by atoms with Crippen molar-refractivity contribution in [1.82, 2.24) is 14.8 Å². The van der Waals surface area contributed by atoms with Crippen LogP contribution < -0.4 is 0 Å². The van der Waals surface area contributed by atoms with E-state index in [1.807, 2.05) is 34.9 Å². The maximum Gasteiger partial charge on any atom is 0.225 e. The molecule has 1 aromatic heterocycles. The maximum atomic E-state index is 11.5. The lowest BCUT2D eigenvalue weighted by Crippen LogP contribution is -2.22. The van der Waals surface area contributed by atoms with Gasteiger partial charge in [-0.2, -0.15) is 0 Å². The van der Waals surface area contributed by atoms with E-state index in [1.165, 1.54) is 0 Å². The lowest BCUT2D eigenvalue weighted by atomic mass is 10.1. The molecular weight excluding hydrogens is 282 g/mol. The standard InChI is InChI=1S/C13H14ClN3OS/c14-13-16-15-12(10-4-2-1-3-5-10)17(13)11-6-8-19(18)9-7-11/h1-5,11H,6-9H2. The second-order valence-electron chi connectivity index (χ2n) is 4.61. The summed E-state index contributed by atoms with van der Waals surface area (Å²) in [5.74, 6) is 2.25. The molecule has 0 aliphatic carbocycles. The third-order valence-electron chi connectivity index (χ3n) is 3.41. The van der Waals surface area contributed by atoms with Gasteiger partial charge in [-0.3, -0.25) is 8.78 Å². The van der Waals surface area contributed by atoms with Crippen LogP contribution in [0.1, 0.15) is 18.9 Å². The third-order valence-corrected chi connectivity index (χ3v) is 5.05. The average molecular weight is 296 g/mol. The Morgan fingerprint density at radius 3 is 2.53 bits per heavy atom. The van der Waals surface area contributed by atoms with Crippen LogP contribution in [0.3, 0.4) is 0 Å². The van der Waals surface area contributed by atoms with E-state index in [0.29, 0.717) is 5.28 Å². The van der Waals surface area contributed by atoms with Gasteiger partial charge in [0.25, 0.3) is 0 Å². The predicted molar refractivity (Wildman–Crippen MR) is 76.6 cm³/mol. The van der Waals surface area contributed by atoms with E-state index < -0.39 is 10.8 Å². The number of hydrogen-bond acceptors (Lipinski definition) is 3. The molecule has 0 atom stereocenters. The number of hydrogen-bond donors (Lipinski definition) is 0. The Morgan fingerprint density at radius 2 is 1.84 bits per heavy atom. The molecule has 19 heavy (non-hydrogen) atoms. The van der Waals surface area contributed by atoms with Gasteiger partial charge in [-0.05, 0) is 24.4 Å². The molecule has 0 bridgehead atoms. The van der Waals surface area contributed by atoms with Crippen molar-refractivity contribution in [3.8, 4) is 11.4 Å². The lowest BCUT2D eigenvalue weighted by Gasteiger charge is -2.24. The molecule has 0 amide bonds. The smallest absolute Gasteiger partial charge is 0.225 e. The Hall–Kier alpha value is -1.20. The van der Waals surface area contributed by atoms with Crippen LogP contribution in [-0.2, 0) is 10.8 Å². The summed E-state index contributed by atoms with van der Waals surface area (Å²) in [4.78, 5) is 0. The minimum Gasteiger partial charge on any atom is -0.295 e. The molecule has 6 heteroatoms. The molecule has 2 aromatic rings. The van der Waals surface area contributed by atoms with Crippen LogP contribution in [0.15, 0.2) is 30.3 Å². The van der Waals surface area contributed by atoms with Crippen molar-refractivity contribution in [2.75, 3.05) is 11.5 Å². The zero-order valence-corrected chi connectivity index (χ0v) is 11.9. The molecule has 100 valence electrons. The second kappa shape index (κ2) is 5.43. The Kier molecular flexibility index (Phi) is 3.66. The van der Waals surface area contributed by atoms with E-state index in [2.05, 4.69) is 10.2 Å². The number of aromatic nitrogens is 3. The van der Waals surface area contributed by atoms with Gasteiger partial charge in [-0.1, -0.05) is 30.3 Å². The van der Waals surface area contributed by atoms with Gasteiger partial charge in [0.05, 0.1) is 0 Å². The maximum absolute atomic E-state index is 11.5. The van der Waals surface area contributed by atoms with Crippen LogP contribution in [-0.4, -0.2) is 30.5 Å². The highest BCUT2D eigenvalue weighted by Crippen LogP contribution is 2.30. The van der Waals surface area contributed by atoms with Crippen LogP contribution >= 0.6 is 11.6 Å². The van der Waals surface area contributed by atoms with Crippen molar-refractivity contribution in [1.29, 1.82) is 0 Å². The van der Waals surface area contributed by atoms with E-state index in [9.17, 15) is 4.21 Å². The normalized spacial score (nSPS) is 23.4. The first-order valence-electron chi connectivity index (χ1n) is 6.26. The second-order valence-corrected chi connectivity index (χ2v) is 6.64. The van der Waals surface area contributed by atoms with Gasteiger partial charge in [-0.25, -0.2) is 0 Å². The molecule has 2 heterocycles. The average Bonchev–Trinajstić information content (AvgIpc) is 2.83. The first-order valence-corrected chi connectivity index (χ1v) is 8.13. The topological polar surface area (TPSA) is 47.8 Å². The van der Waals surface area contributed by atoms with Crippen LogP contribution in [0.25, 0.3) is 11.4 Å². The van der Waals surface area contributed by atoms with Crippen molar-refractivity contribution in [3.63, 3.8) is 0 Å². The van der Waals surface area contributed by atoms with Crippen LogP contribution in [0.5, 0.6) is 0 Å². The van der Waals surface area contributed by atoms with Gasteiger partial charge in [0.2, 0.25) is 5.28 Å². The van der Waals surface area contributed by atoms with Crippen molar-refractivity contribution in [2.45, 2.75) is 18.9 Å². The SMILES string of the molecule is O=S1CCC(n2c(Cl)nnc2-c2ccccc2)CC1. The largest absolute Gasteiger partial charge is 0.295 e. The molecule has 0 unspecified atom stereocenters. The number of nitrogens with zero attached hydrogens (tertiary/aromatic N) is 3. The van der Waals surface area contributed by atoms with E-state index in [0.717, 1.165) is 35.7 Å². The molecule has 1 aliphatic rings. The number of benzene rings is 1. The molecule has 1 aliphatic heterocycles. The summed E-state index contributed by atoms with van der Waals surface area (Å²) in [6.45, 7) is 0. The molecule has 4 nitrogen and oxygen atoms in total. The van der Waals surface area contributed by atoms with E-state index in [-0.39, 0.29) is 6.04 Å². The summed E-state index contributed by atoms with van der Waals surface area (Å²) in [6, 6.07) is 10.2. The zero-order chi connectivity index (χ0) is 13.2. The Bertz CT molecular complexity index is 589. The Balaban J connectivity index is 1.97. The quantitative estimate of drug-likeness (QED) is 0.856. The monoisotopic (exact) mass is 295 g/mol. The van der Waals surface area contributed by atoms with Gasteiger partial charge >= 0.3 is 0 Å². The minimum absolute atomic E-state index is 0.246. The highest BCUT2D eigenvalue weighted by atomic mass is 35.5. The van der Waals surface area contributed by atoms with Gasteiger partial charge in [0, 0.05) is 33.9 Å². The summed E-state index contributed by atoms with van der Waals surface area (Å²) in [5.41, 5.74) is 1.01. The van der Waals surface area contributed by atoms with Gasteiger partial charge in [-0.15, -0.1) is 10.2 Å². The summed E-state index contributed by atoms with van der Waals surface area (Å²) in [5, 5.41) is 8.59. The fourth-order valence-corrected chi connectivity index (χ4v) is 3.95. The highest BCUT2D eigenvalue weighted by Gasteiger charge is 2.24. The third kappa shape index (κ3) is 2.58. The van der Waals surface area contributed by atoms with Crippen molar-refractivity contribution in [2.24, 2.45) is 0 Å². The Labute approximate surface area is 119 Å². The molecule has 1 fully saturated rings. The summed E-state index contributed by atoms with van der Waals surface area (Å²) in [6.07, 6.45) is 1.73. The van der Waals surface area contributed by atoms with Crippen molar-refractivity contribution >= 4 is 22.4 Å². The first kappa shape index (κ1) is 12.8. The lowest BCUT2D eigenvalue weighted by molar-refractivity contribution is 0.465. The molecule has 0 spiro atoms. The fourth-order valence-electron chi connectivity index (χ4n) is 2.42. The van der Waals surface area contributed by atoms with Crippen molar-refractivity contribution in [3.05, 3.63) is 35.6 Å². The summed E-state index contributed by atoms with van der Waals surface area (Å²) < 4.78 is 13.4. The zero-order valence-electron chi connectivity index (χ0n) is 10.3. The van der Waals surface area contributed by atoms with Crippen LogP contribution in [0.2, 0.25) is 5.28 Å². The molecule has 3 rings (SSSR count). The first-order chi connectivity index (χ1) is 9.25. The van der Waals surface area contributed by atoms with Crippen LogP contribution in [0.4, 0.5) is 0 Å². The van der Waals surface area contributed by atoms with E-state index >= 15 is 0 Å². The number of halogens is 1. The van der Waals surface area contributed by atoms with Crippen molar-refractivity contribution < 1.29 is 4.21 Å². The molecule has 1 saturated heterocycles.